The number of nitrogens with zero attached hydrogens (tertiary/aromatic N) is 4. The topological polar surface area (TPSA) is 65.4 Å². The van der Waals surface area contributed by atoms with E-state index in [0.29, 0.717) is 37.2 Å². The smallest absolute Gasteiger partial charge is 0.232 e. The number of rotatable bonds is 7. The standard InChI is InChI=1S/C24H32N4O3/c1-3-26(4-2)16-18-17-28(22-8-6-5-7-21(18)22)24(30)14-19-13-20(29)15-23(25-19)27-9-11-31-12-10-27/h5-8,15,18H,3-4,9-14,16-17H2,1-2H3. The van der Waals surface area contributed by atoms with Gasteiger partial charge in [-0.25, -0.2) is 4.99 Å². The number of aliphatic imine (C=N–C) groups is 1. The fourth-order valence-corrected chi connectivity index (χ4v) is 4.64. The molecule has 1 atom stereocenters. The highest BCUT2D eigenvalue weighted by Crippen LogP contribution is 2.37. The molecule has 1 fully saturated rings. The van der Waals surface area contributed by atoms with E-state index in [4.69, 9.17) is 4.74 Å². The summed E-state index contributed by atoms with van der Waals surface area (Å²) in [5.41, 5.74) is 2.89. The van der Waals surface area contributed by atoms with Gasteiger partial charge in [0.25, 0.3) is 0 Å². The van der Waals surface area contributed by atoms with Crippen molar-refractivity contribution in [1.29, 1.82) is 0 Å². The van der Waals surface area contributed by atoms with Crippen molar-refractivity contribution in [3.8, 4) is 0 Å². The zero-order valence-corrected chi connectivity index (χ0v) is 18.5. The van der Waals surface area contributed by atoms with Crippen molar-refractivity contribution < 1.29 is 14.3 Å². The maximum Gasteiger partial charge on any atom is 0.232 e. The predicted octanol–water partition coefficient (Wildman–Crippen LogP) is 2.44. The zero-order valence-electron chi connectivity index (χ0n) is 18.5. The lowest BCUT2D eigenvalue weighted by atomic mass is 10.0. The minimum Gasteiger partial charge on any atom is -0.378 e. The Kier molecular flexibility index (Phi) is 6.83. The molecule has 0 aromatic heterocycles. The number of likely N-dealkylation sites (N-methyl/N-ethyl adjacent to an activating group) is 1. The van der Waals surface area contributed by atoms with Crippen LogP contribution in [0.3, 0.4) is 0 Å². The molecule has 0 aliphatic carbocycles. The number of ether oxygens (including phenoxy) is 1. The molecule has 1 saturated heterocycles. The fourth-order valence-electron chi connectivity index (χ4n) is 4.64. The number of hydrogen-bond donors (Lipinski definition) is 0. The second-order valence-electron chi connectivity index (χ2n) is 8.35. The number of benzene rings is 1. The molecule has 1 aromatic carbocycles. The highest BCUT2D eigenvalue weighted by molar-refractivity contribution is 6.16. The minimum absolute atomic E-state index is 0.0144. The van der Waals surface area contributed by atoms with E-state index in [1.165, 1.54) is 5.56 Å². The highest BCUT2D eigenvalue weighted by Gasteiger charge is 2.33. The van der Waals surface area contributed by atoms with E-state index < -0.39 is 0 Å². The molecule has 166 valence electrons. The molecule has 31 heavy (non-hydrogen) atoms. The van der Waals surface area contributed by atoms with Crippen LogP contribution in [-0.2, 0) is 14.3 Å². The van der Waals surface area contributed by atoms with Crippen molar-refractivity contribution in [2.24, 2.45) is 4.99 Å². The molecule has 0 spiro atoms. The molecule has 1 aromatic rings. The molecule has 0 radical (unpaired) electrons. The largest absolute Gasteiger partial charge is 0.378 e. The van der Waals surface area contributed by atoms with E-state index in [1.54, 1.807) is 6.08 Å². The van der Waals surface area contributed by atoms with Gasteiger partial charge >= 0.3 is 0 Å². The SMILES string of the molecule is CCN(CC)CC1CN(C(=O)CC2=NC(N3CCOCC3)=CC(=O)C2)c2ccccc21. The lowest BCUT2D eigenvalue weighted by Gasteiger charge is -2.30. The average molecular weight is 425 g/mol. The molecule has 1 amide bonds. The van der Waals surface area contributed by atoms with E-state index in [-0.39, 0.29) is 24.5 Å². The summed E-state index contributed by atoms with van der Waals surface area (Å²) < 4.78 is 5.40. The van der Waals surface area contributed by atoms with Crippen LogP contribution in [-0.4, -0.2) is 79.7 Å². The zero-order chi connectivity index (χ0) is 21.8. The molecule has 7 nitrogen and oxygen atoms in total. The van der Waals surface area contributed by atoms with Crippen molar-refractivity contribution in [2.75, 3.05) is 57.4 Å². The van der Waals surface area contributed by atoms with E-state index in [1.807, 2.05) is 23.1 Å². The van der Waals surface area contributed by atoms with Crippen LogP contribution in [0.1, 0.15) is 38.2 Å². The Bertz CT molecular complexity index is 885. The third kappa shape index (κ3) is 4.88. The van der Waals surface area contributed by atoms with Crippen LogP contribution in [0.25, 0.3) is 0 Å². The molecule has 7 heteroatoms. The van der Waals surface area contributed by atoms with Gasteiger partial charge in [0.2, 0.25) is 5.91 Å². The molecule has 0 N–H and O–H groups in total. The molecule has 0 saturated carbocycles. The minimum atomic E-state index is 0.0144. The van der Waals surface area contributed by atoms with Gasteiger partial charge in [-0.1, -0.05) is 32.0 Å². The van der Waals surface area contributed by atoms with Gasteiger partial charge in [-0.3, -0.25) is 9.59 Å². The number of allylic oxidation sites excluding steroid dienone is 1. The summed E-state index contributed by atoms with van der Waals surface area (Å²) >= 11 is 0. The Balaban J connectivity index is 1.48. The summed E-state index contributed by atoms with van der Waals surface area (Å²) in [6.07, 6.45) is 2.00. The Hall–Kier alpha value is -2.51. The van der Waals surface area contributed by atoms with Gasteiger partial charge in [0.15, 0.2) is 5.78 Å². The molecule has 0 bridgehead atoms. The number of amides is 1. The van der Waals surface area contributed by atoms with Crippen molar-refractivity contribution in [2.45, 2.75) is 32.6 Å². The number of fused-ring (bicyclic) bond motifs is 1. The molecule has 3 aliphatic rings. The molecular formula is C24H32N4O3. The first-order valence-electron chi connectivity index (χ1n) is 11.3. The first-order valence-corrected chi connectivity index (χ1v) is 11.3. The average Bonchev–Trinajstić information content (AvgIpc) is 3.16. The normalized spacial score (nSPS) is 21.3. The van der Waals surface area contributed by atoms with Crippen LogP contribution in [0, 0.1) is 0 Å². The predicted molar refractivity (Wildman–Crippen MR) is 121 cm³/mol. The number of carbonyl (C=O) groups excluding carboxylic acids is 2. The van der Waals surface area contributed by atoms with Gasteiger partial charge in [0, 0.05) is 56.0 Å². The van der Waals surface area contributed by atoms with Crippen LogP contribution in [0.15, 0.2) is 41.2 Å². The maximum atomic E-state index is 13.3. The van der Waals surface area contributed by atoms with Crippen molar-refractivity contribution in [3.63, 3.8) is 0 Å². The van der Waals surface area contributed by atoms with Crippen LogP contribution >= 0.6 is 0 Å². The number of hydrogen-bond acceptors (Lipinski definition) is 6. The number of anilines is 1. The Morgan fingerprint density at radius 2 is 1.94 bits per heavy atom. The number of ketones is 1. The highest BCUT2D eigenvalue weighted by atomic mass is 16.5. The second-order valence-corrected chi connectivity index (χ2v) is 8.35. The third-order valence-corrected chi connectivity index (χ3v) is 6.38. The lowest BCUT2D eigenvalue weighted by molar-refractivity contribution is -0.117. The van der Waals surface area contributed by atoms with Gasteiger partial charge in [-0.15, -0.1) is 0 Å². The van der Waals surface area contributed by atoms with Gasteiger partial charge in [-0.2, -0.15) is 0 Å². The van der Waals surface area contributed by atoms with Gasteiger partial charge < -0.3 is 19.4 Å². The van der Waals surface area contributed by atoms with Crippen molar-refractivity contribution >= 4 is 23.1 Å². The second kappa shape index (κ2) is 9.75. The number of carbonyl (C=O) groups is 2. The van der Waals surface area contributed by atoms with Crippen molar-refractivity contribution in [3.05, 3.63) is 41.7 Å². The summed E-state index contributed by atoms with van der Waals surface area (Å²) in [5.74, 6) is 1.01. The molecular weight excluding hydrogens is 392 g/mol. The summed E-state index contributed by atoms with van der Waals surface area (Å²) in [6.45, 7) is 10.7. The van der Waals surface area contributed by atoms with Crippen LogP contribution in [0.5, 0.6) is 0 Å². The van der Waals surface area contributed by atoms with Crippen LogP contribution in [0.4, 0.5) is 5.69 Å². The van der Waals surface area contributed by atoms with E-state index in [2.05, 4.69) is 34.7 Å². The first-order chi connectivity index (χ1) is 15.1. The molecule has 1 unspecified atom stereocenters. The Morgan fingerprint density at radius 3 is 2.68 bits per heavy atom. The van der Waals surface area contributed by atoms with Crippen LogP contribution in [0.2, 0.25) is 0 Å². The van der Waals surface area contributed by atoms with Gasteiger partial charge in [0.05, 0.1) is 19.6 Å². The van der Waals surface area contributed by atoms with E-state index in [9.17, 15) is 9.59 Å². The molecule has 3 heterocycles. The quantitative estimate of drug-likeness (QED) is 0.673. The Labute approximate surface area is 184 Å². The number of morpholine rings is 1. The Morgan fingerprint density at radius 1 is 1.19 bits per heavy atom. The van der Waals surface area contributed by atoms with Gasteiger partial charge in [0.1, 0.15) is 5.82 Å². The van der Waals surface area contributed by atoms with Crippen molar-refractivity contribution in [1.82, 2.24) is 9.80 Å². The lowest BCUT2D eigenvalue weighted by Crippen LogP contribution is -2.37. The first kappa shape index (κ1) is 21.7. The summed E-state index contributed by atoms with van der Waals surface area (Å²) in [7, 11) is 0. The summed E-state index contributed by atoms with van der Waals surface area (Å²) in [6, 6.07) is 8.20. The van der Waals surface area contributed by atoms with Gasteiger partial charge in [-0.05, 0) is 24.7 Å². The maximum absolute atomic E-state index is 13.3. The number of para-hydroxylation sites is 1. The summed E-state index contributed by atoms with van der Waals surface area (Å²) in [5, 5.41) is 0. The van der Waals surface area contributed by atoms with E-state index in [0.717, 1.165) is 38.4 Å². The monoisotopic (exact) mass is 424 g/mol. The third-order valence-electron chi connectivity index (χ3n) is 6.38. The fraction of sp³-hybridized carbons (Fsp3) is 0.542. The molecule has 4 rings (SSSR count). The summed E-state index contributed by atoms with van der Waals surface area (Å²) in [4.78, 5) is 36.7. The molecule has 3 aliphatic heterocycles. The van der Waals surface area contributed by atoms with Crippen LogP contribution < -0.4 is 4.90 Å². The van der Waals surface area contributed by atoms with E-state index >= 15 is 0 Å².